The largest absolute Gasteiger partial charge is 0.416 e. The molecule has 0 spiro atoms. The second-order valence-corrected chi connectivity index (χ2v) is 5.99. The Balaban J connectivity index is 2.12. The molecule has 106 valence electrons. The van der Waals surface area contributed by atoms with Gasteiger partial charge in [-0.25, -0.2) is 0 Å². The van der Waals surface area contributed by atoms with Crippen LogP contribution in [-0.4, -0.2) is 21.6 Å². The molecule has 1 aromatic heterocycles. The van der Waals surface area contributed by atoms with Crippen LogP contribution in [0.1, 0.15) is 36.5 Å². The van der Waals surface area contributed by atoms with Crippen LogP contribution in [0, 0.1) is 5.92 Å². The smallest absolute Gasteiger partial charge is 0.388 e. The van der Waals surface area contributed by atoms with Crippen LogP contribution in [0.25, 0.3) is 0 Å². The van der Waals surface area contributed by atoms with Gasteiger partial charge in [-0.05, 0) is 42.8 Å². The van der Waals surface area contributed by atoms with Gasteiger partial charge in [-0.2, -0.15) is 24.9 Å². The van der Waals surface area contributed by atoms with Gasteiger partial charge < -0.3 is 5.11 Å². The highest BCUT2D eigenvalue weighted by Gasteiger charge is 2.35. The van der Waals surface area contributed by atoms with E-state index in [1.165, 1.54) is 0 Å². The van der Waals surface area contributed by atoms with Crippen molar-refractivity contribution in [3.63, 3.8) is 0 Å². The van der Waals surface area contributed by atoms with Crippen molar-refractivity contribution in [3.05, 3.63) is 29.6 Å². The number of aromatic nitrogens is 1. The molecule has 1 saturated heterocycles. The minimum absolute atomic E-state index is 0.103. The number of thioether (sulfide) groups is 1. The van der Waals surface area contributed by atoms with Crippen molar-refractivity contribution in [2.45, 2.75) is 31.5 Å². The Morgan fingerprint density at radius 2 is 2.05 bits per heavy atom. The fraction of sp³-hybridized carbons (Fsp3) is 0.615. The molecule has 19 heavy (non-hydrogen) atoms. The Kier molecular flexibility index (Phi) is 4.73. The van der Waals surface area contributed by atoms with Crippen LogP contribution in [0.3, 0.4) is 0 Å². The Bertz CT molecular complexity index is 419. The van der Waals surface area contributed by atoms with Crippen LogP contribution in [-0.2, 0) is 6.18 Å². The van der Waals surface area contributed by atoms with Gasteiger partial charge in [0, 0.05) is 18.0 Å². The lowest BCUT2D eigenvalue weighted by molar-refractivity contribution is -0.139. The number of halogens is 3. The molecule has 1 fully saturated rings. The molecule has 1 aliphatic heterocycles. The fourth-order valence-corrected chi connectivity index (χ4v) is 3.56. The first kappa shape index (κ1) is 14.7. The number of aliphatic hydroxyl groups is 1. The van der Waals surface area contributed by atoms with E-state index >= 15 is 0 Å². The van der Waals surface area contributed by atoms with Gasteiger partial charge in [-0.15, -0.1) is 0 Å². The van der Waals surface area contributed by atoms with Gasteiger partial charge in [0.05, 0.1) is 11.7 Å². The molecule has 1 aromatic rings. The topological polar surface area (TPSA) is 33.1 Å². The third kappa shape index (κ3) is 3.86. The molecule has 0 bridgehead atoms. The number of alkyl halides is 3. The average molecular weight is 291 g/mol. The maximum atomic E-state index is 12.8. The third-order valence-corrected chi connectivity index (χ3v) is 4.46. The molecule has 1 atom stereocenters. The number of hydrogen-bond donors (Lipinski definition) is 1. The number of hydrogen-bond acceptors (Lipinski definition) is 3. The number of nitrogens with zero attached hydrogens (tertiary/aromatic N) is 1. The molecule has 6 heteroatoms. The summed E-state index contributed by atoms with van der Waals surface area (Å²) in [6, 6.07) is 0.926. The highest BCUT2D eigenvalue weighted by atomic mass is 32.2. The van der Waals surface area contributed by atoms with Crippen molar-refractivity contribution in [1.29, 1.82) is 0 Å². The van der Waals surface area contributed by atoms with Crippen LogP contribution >= 0.6 is 11.8 Å². The van der Waals surface area contributed by atoms with Crippen molar-refractivity contribution in [1.82, 2.24) is 4.98 Å². The summed E-state index contributed by atoms with van der Waals surface area (Å²) in [7, 11) is 0. The van der Waals surface area contributed by atoms with Crippen LogP contribution in [0.15, 0.2) is 18.5 Å². The molecule has 0 saturated carbocycles. The van der Waals surface area contributed by atoms with E-state index in [1.807, 2.05) is 11.8 Å². The van der Waals surface area contributed by atoms with Crippen LogP contribution in [0.4, 0.5) is 13.2 Å². The number of aliphatic hydroxyl groups excluding tert-OH is 1. The quantitative estimate of drug-likeness (QED) is 0.922. The van der Waals surface area contributed by atoms with Crippen molar-refractivity contribution >= 4 is 11.8 Å². The molecular weight excluding hydrogens is 275 g/mol. The lowest BCUT2D eigenvalue weighted by Gasteiger charge is -2.25. The Labute approximate surface area is 114 Å². The van der Waals surface area contributed by atoms with Crippen molar-refractivity contribution in [2.24, 2.45) is 5.92 Å². The van der Waals surface area contributed by atoms with E-state index in [4.69, 9.17) is 0 Å². The monoisotopic (exact) mass is 291 g/mol. The second-order valence-electron chi connectivity index (χ2n) is 4.77. The zero-order valence-electron chi connectivity index (χ0n) is 10.4. The first-order valence-electron chi connectivity index (χ1n) is 6.25. The molecule has 0 aromatic carbocycles. The zero-order chi connectivity index (χ0) is 13.9. The molecule has 0 radical (unpaired) electrons. The summed E-state index contributed by atoms with van der Waals surface area (Å²) in [5.74, 6) is 2.35. The molecule has 2 nitrogen and oxygen atoms in total. The summed E-state index contributed by atoms with van der Waals surface area (Å²) in [4.78, 5) is 3.71. The van der Waals surface area contributed by atoms with Crippen molar-refractivity contribution in [3.8, 4) is 0 Å². The van der Waals surface area contributed by atoms with E-state index in [1.54, 1.807) is 0 Å². The van der Waals surface area contributed by atoms with Gasteiger partial charge in [0.1, 0.15) is 0 Å². The van der Waals surface area contributed by atoms with Crippen LogP contribution in [0.5, 0.6) is 0 Å². The summed E-state index contributed by atoms with van der Waals surface area (Å²) in [6.07, 6.45) is -0.983. The summed E-state index contributed by atoms with van der Waals surface area (Å²) >= 11 is 1.85. The lowest BCUT2D eigenvalue weighted by Crippen LogP contribution is -2.17. The highest BCUT2D eigenvalue weighted by molar-refractivity contribution is 7.99. The first-order valence-corrected chi connectivity index (χ1v) is 7.41. The predicted octanol–water partition coefficient (Wildman–Crippen LogP) is 3.67. The van der Waals surface area contributed by atoms with E-state index < -0.39 is 17.8 Å². The maximum Gasteiger partial charge on any atom is 0.416 e. The summed E-state index contributed by atoms with van der Waals surface area (Å²) in [5.41, 5.74) is -0.881. The van der Waals surface area contributed by atoms with Crippen molar-refractivity contribution < 1.29 is 18.3 Å². The van der Waals surface area contributed by atoms with Gasteiger partial charge >= 0.3 is 6.18 Å². The van der Waals surface area contributed by atoms with Gasteiger partial charge in [0.15, 0.2) is 0 Å². The first-order chi connectivity index (χ1) is 8.98. The summed E-state index contributed by atoms with van der Waals surface area (Å²) in [6.45, 7) is 0. The lowest BCUT2D eigenvalue weighted by atomic mass is 9.91. The fourth-order valence-electron chi connectivity index (χ4n) is 2.36. The van der Waals surface area contributed by atoms with Crippen LogP contribution < -0.4 is 0 Å². The van der Waals surface area contributed by atoms with Gasteiger partial charge in [0.25, 0.3) is 0 Å². The Hall–Kier alpha value is -0.750. The minimum Gasteiger partial charge on any atom is -0.388 e. The van der Waals surface area contributed by atoms with Crippen molar-refractivity contribution in [2.75, 3.05) is 11.5 Å². The minimum atomic E-state index is -4.44. The number of rotatable bonds is 3. The standard InChI is InChI=1S/C13H16F3NOS/c14-13(15,16)11-1-4-17-8-10(11)12(18)7-9-2-5-19-6-3-9/h1,4,8-9,12,18H,2-3,5-7H2. The van der Waals surface area contributed by atoms with E-state index in [-0.39, 0.29) is 5.56 Å². The Morgan fingerprint density at radius 1 is 1.37 bits per heavy atom. The van der Waals surface area contributed by atoms with E-state index in [0.29, 0.717) is 12.3 Å². The average Bonchev–Trinajstić information content (AvgIpc) is 2.39. The molecular formula is C13H16F3NOS. The third-order valence-electron chi connectivity index (χ3n) is 3.41. The molecule has 1 N–H and O–H groups in total. The van der Waals surface area contributed by atoms with Gasteiger partial charge in [-0.1, -0.05) is 0 Å². The SMILES string of the molecule is OC(CC1CCSCC1)c1cnccc1C(F)(F)F. The molecule has 1 unspecified atom stereocenters. The molecule has 1 aliphatic rings. The zero-order valence-corrected chi connectivity index (χ0v) is 11.2. The summed E-state index contributed by atoms with van der Waals surface area (Å²) in [5, 5.41) is 10.1. The predicted molar refractivity (Wildman–Crippen MR) is 68.9 cm³/mol. The highest BCUT2D eigenvalue weighted by Crippen LogP contribution is 2.37. The number of pyridine rings is 1. The van der Waals surface area contributed by atoms with Gasteiger partial charge in [-0.3, -0.25) is 4.98 Å². The summed E-state index contributed by atoms with van der Waals surface area (Å²) < 4.78 is 38.5. The molecule has 0 amide bonds. The maximum absolute atomic E-state index is 12.8. The molecule has 2 heterocycles. The van der Waals surface area contributed by atoms with E-state index in [9.17, 15) is 18.3 Å². The Morgan fingerprint density at radius 3 is 2.68 bits per heavy atom. The van der Waals surface area contributed by atoms with E-state index in [0.717, 1.165) is 42.8 Å². The molecule has 2 rings (SSSR count). The van der Waals surface area contributed by atoms with Gasteiger partial charge in [0.2, 0.25) is 0 Å². The molecule has 0 aliphatic carbocycles. The normalized spacial score (nSPS) is 19.4. The van der Waals surface area contributed by atoms with Crippen LogP contribution in [0.2, 0.25) is 0 Å². The van der Waals surface area contributed by atoms with E-state index in [2.05, 4.69) is 4.98 Å². The second kappa shape index (κ2) is 6.13.